The Morgan fingerprint density at radius 3 is 2.18 bits per heavy atom. The van der Waals surface area contributed by atoms with Crippen LogP contribution >= 0.6 is 0 Å². The zero-order valence-corrected chi connectivity index (χ0v) is 18.5. The van der Waals surface area contributed by atoms with Gasteiger partial charge in [0.25, 0.3) is 0 Å². The van der Waals surface area contributed by atoms with Crippen molar-refractivity contribution in [2.45, 2.75) is 46.1 Å². The number of likely N-dealkylation sites (tertiary alicyclic amines) is 1. The molecule has 0 aromatic heterocycles. The summed E-state index contributed by atoms with van der Waals surface area (Å²) < 4.78 is 0. The number of carbonyl (C=O) groups excluding carboxylic acids is 3. The van der Waals surface area contributed by atoms with Crippen LogP contribution in [0.3, 0.4) is 0 Å². The summed E-state index contributed by atoms with van der Waals surface area (Å²) in [5.41, 5.74) is -0.398. The fraction of sp³-hybridized carbons (Fsp3) is 0.850. The number of carbonyl (C=O) groups is 3. The molecule has 2 N–H and O–H groups in total. The van der Waals surface area contributed by atoms with Gasteiger partial charge in [0.2, 0.25) is 17.7 Å². The Hall–Kier alpha value is -1.67. The first kappa shape index (κ1) is 24.4. The molecule has 0 saturated carbocycles. The third-order valence-corrected chi connectivity index (χ3v) is 5.06. The van der Waals surface area contributed by atoms with Crippen molar-refractivity contribution in [3.8, 4) is 0 Å². The van der Waals surface area contributed by atoms with Crippen molar-refractivity contribution < 1.29 is 14.4 Å². The quantitative estimate of drug-likeness (QED) is 0.578. The number of hydrogen-bond donors (Lipinski definition) is 2. The lowest BCUT2D eigenvalue weighted by molar-refractivity contribution is -0.138. The Kier molecular flexibility index (Phi) is 9.89. The molecule has 162 valence electrons. The highest BCUT2D eigenvalue weighted by molar-refractivity contribution is 5.88. The standard InChI is InChI=1S/C20H39N5O3/c1-20(2,3)18(22-16(26)14-21-4)19(28)24(6)13-12-23(5)15-17(27)25-10-8-7-9-11-25/h18,21H,7-15H2,1-6H3,(H,22,26). The molecule has 1 aliphatic rings. The first-order valence-electron chi connectivity index (χ1n) is 10.2. The second-order valence-electron chi connectivity index (χ2n) is 8.84. The van der Waals surface area contributed by atoms with E-state index in [0.717, 1.165) is 25.9 Å². The van der Waals surface area contributed by atoms with Crippen molar-refractivity contribution in [1.82, 2.24) is 25.3 Å². The van der Waals surface area contributed by atoms with Crippen molar-refractivity contribution in [2.75, 3.05) is 60.4 Å². The molecule has 0 radical (unpaired) electrons. The maximum atomic E-state index is 12.9. The van der Waals surface area contributed by atoms with E-state index in [9.17, 15) is 14.4 Å². The van der Waals surface area contributed by atoms with Crippen LogP contribution in [0, 0.1) is 5.41 Å². The SMILES string of the molecule is CNCC(=O)NC(C(=O)N(C)CCN(C)CC(=O)N1CCCCC1)C(C)(C)C. The van der Waals surface area contributed by atoms with Gasteiger partial charge in [-0.25, -0.2) is 0 Å². The monoisotopic (exact) mass is 397 g/mol. The summed E-state index contributed by atoms with van der Waals surface area (Å²) in [6.45, 7) is 9.15. The summed E-state index contributed by atoms with van der Waals surface area (Å²) in [5, 5.41) is 5.63. The van der Waals surface area contributed by atoms with Gasteiger partial charge in [0.05, 0.1) is 13.1 Å². The third-order valence-electron chi connectivity index (χ3n) is 5.06. The van der Waals surface area contributed by atoms with E-state index in [2.05, 4.69) is 10.6 Å². The van der Waals surface area contributed by atoms with Crippen molar-refractivity contribution in [3.05, 3.63) is 0 Å². The molecule has 1 heterocycles. The van der Waals surface area contributed by atoms with E-state index < -0.39 is 11.5 Å². The number of amides is 3. The van der Waals surface area contributed by atoms with Gasteiger partial charge in [-0.15, -0.1) is 0 Å². The molecule has 1 unspecified atom stereocenters. The molecule has 0 bridgehead atoms. The van der Waals surface area contributed by atoms with Crippen LogP contribution in [0.4, 0.5) is 0 Å². The number of nitrogens with one attached hydrogen (secondary N) is 2. The minimum Gasteiger partial charge on any atom is -0.343 e. The Balaban J connectivity index is 2.53. The van der Waals surface area contributed by atoms with E-state index in [1.807, 2.05) is 37.6 Å². The van der Waals surface area contributed by atoms with Gasteiger partial charge in [-0.3, -0.25) is 19.3 Å². The molecule has 1 fully saturated rings. The summed E-state index contributed by atoms with van der Waals surface area (Å²) in [5.74, 6) is -0.163. The molecule has 8 heteroatoms. The van der Waals surface area contributed by atoms with Crippen LogP contribution in [-0.4, -0.2) is 98.9 Å². The van der Waals surface area contributed by atoms with Gasteiger partial charge >= 0.3 is 0 Å². The van der Waals surface area contributed by atoms with Crippen LogP contribution in [-0.2, 0) is 14.4 Å². The minimum absolute atomic E-state index is 0.118. The lowest BCUT2D eigenvalue weighted by atomic mass is 9.85. The van der Waals surface area contributed by atoms with Crippen molar-refractivity contribution in [3.63, 3.8) is 0 Å². The maximum absolute atomic E-state index is 12.9. The van der Waals surface area contributed by atoms with E-state index in [-0.39, 0.29) is 24.3 Å². The van der Waals surface area contributed by atoms with Gasteiger partial charge in [0.1, 0.15) is 6.04 Å². The average Bonchev–Trinajstić information content (AvgIpc) is 2.63. The van der Waals surface area contributed by atoms with E-state index in [1.165, 1.54) is 6.42 Å². The molecule has 1 saturated heterocycles. The Morgan fingerprint density at radius 2 is 1.64 bits per heavy atom. The predicted molar refractivity (Wildman–Crippen MR) is 111 cm³/mol. The predicted octanol–water partition coefficient (Wildman–Crippen LogP) is 0.139. The molecule has 0 aromatic rings. The first-order chi connectivity index (χ1) is 13.1. The largest absolute Gasteiger partial charge is 0.343 e. The van der Waals surface area contributed by atoms with Crippen LogP contribution in [0.25, 0.3) is 0 Å². The molecule has 0 spiro atoms. The molecule has 1 rings (SSSR count). The summed E-state index contributed by atoms with van der Waals surface area (Å²) in [4.78, 5) is 42.8. The van der Waals surface area contributed by atoms with Gasteiger partial charge in [-0.2, -0.15) is 0 Å². The van der Waals surface area contributed by atoms with Crippen LogP contribution < -0.4 is 10.6 Å². The highest BCUT2D eigenvalue weighted by Gasteiger charge is 2.34. The highest BCUT2D eigenvalue weighted by atomic mass is 16.2. The van der Waals surface area contributed by atoms with E-state index in [1.54, 1.807) is 19.0 Å². The summed E-state index contributed by atoms with van der Waals surface area (Å²) >= 11 is 0. The van der Waals surface area contributed by atoms with Gasteiger partial charge < -0.3 is 20.4 Å². The highest BCUT2D eigenvalue weighted by Crippen LogP contribution is 2.21. The van der Waals surface area contributed by atoms with Gasteiger partial charge in [-0.05, 0) is 38.8 Å². The summed E-state index contributed by atoms with van der Waals surface area (Å²) in [6.07, 6.45) is 3.37. The smallest absolute Gasteiger partial charge is 0.245 e. The molecule has 0 aliphatic carbocycles. The van der Waals surface area contributed by atoms with Crippen LogP contribution in [0.2, 0.25) is 0 Å². The zero-order valence-electron chi connectivity index (χ0n) is 18.5. The third kappa shape index (κ3) is 8.14. The van der Waals surface area contributed by atoms with Crippen molar-refractivity contribution in [2.24, 2.45) is 5.41 Å². The van der Waals surface area contributed by atoms with E-state index in [4.69, 9.17) is 0 Å². The number of hydrogen-bond acceptors (Lipinski definition) is 5. The first-order valence-corrected chi connectivity index (χ1v) is 10.2. The molecular formula is C20H39N5O3. The second kappa shape index (κ2) is 11.4. The Bertz CT molecular complexity index is 526. The molecule has 28 heavy (non-hydrogen) atoms. The van der Waals surface area contributed by atoms with Crippen molar-refractivity contribution >= 4 is 17.7 Å². The average molecular weight is 398 g/mol. The zero-order chi connectivity index (χ0) is 21.3. The van der Waals surface area contributed by atoms with Gasteiger partial charge in [0, 0.05) is 33.2 Å². The molecule has 3 amide bonds. The number of nitrogens with zero attached hydrogens (tertiary/aromatic N) is 3. The molecule has 0 aromatic carbocycles. The van der Waals surface area contributed by atoms with Crippen molar-refractivity contribution in [1.29, 1.82) is 0 Å². The minimum atomic E-state index is -0.598. The summed E-state index contributed by atoms with van der Waals surface area (Å²) in [7, 11) is 5.34. The molecule has 8 nitrogen and oxygen atoms in total. The number of likely N-dealkylation sites (N-methyl/N-ethyl adjacent to an activating group) is 3. The Labute approximate surface area is 170 Å². The lowest BCUT2D eigenvalue weighted by Gasteiger charge is -2.34. The van der Waals surface area contributed by atoms with Crippen LogP contribution in [0.1, 0.15) is 40.0 Å². The van der Waals surface area contributed by atoms with Crippen LogP contribution in [0.15, 0.2) is 0 Å². The molecule has 1 aliphatic heterocycles. The lowest BCUT2D eigenvalue weighted by Crippen LogP contribution is -2.56. The van der Waals surface area contributed by atoms with E-state index in [0.29, 0.717) is 19.6 Å². The van der Waals surface area contributed by atoms with E-state index >= 15 is 0 Å². The fourth-order valence-corrected chi connectivity index (χ4v) is 3.23. The Morgan fingerprint density at radius 1 is 1.04 bits per heavy atom. The van der Waals surface area contributed by atoms with Gasteiger partial charge in [0.15, 0.2) is 0 Å². The maximum Gasteiger partial charge on any atom is 0.245 e. The van der Waals surface area contributed by atoms with Crippen LogP contribution in [0.5, 0.6) is 0 Å². The number of piperidine rings is 1. The molecular weight excluding hydrogens is 358 g/mol. The van der Waals surface area contributed by atoms with Gasteiger partial charge in [-0.1, -0.05) is 20.8 Å². The fourth-order valence-electron chi connectivity index (χ4n) is 3.23. The normalized spacial score (nSPS) is 16.0. The molecule has 1 atom stereocenters. The number of rotatable bonds is 9. The second-order valence-corrected chi connectivity index (χ2v) is 8.84. The summed E-state index contributed by atoms with van der Waals surface area (Å²) in [6, 6.07) is -0.598. The topological polar surface area (TPSA) is 85.0 Å².